The number of nitrogens with one attached hydrogen (secondary N) is 1. The molecule has 1 N–H and O–H groups in total. The summed E-state index contributed by atoms with van der Waals surface area (Å²) in [7, 11) is 0. The molecular weight excluding hydrogens is 282 g/mol. The van der Waals surface area contributed by atoms with E-state index in [9.17, 15) is 4.79 Å². The van der Waals surface area contributed by atoms with Crippen LogP contribution in [0.4, 0.5) is 0 Å². The van der Waals surface area contributed by atoms with E-state index in [-0.39, 0.29) is 5.91 Å². The molecule has 0 saturated heterocycles. The maximum atomic E-state index is 11.9. The molecule has 0 aliphatic rings. The first-order valence-corrected chi connectivity index (χ1v) is 8.40. The Morgan fingerprint density at radius 3 is 2.71 bits per heavy atom. The van der Waals surface area contributed by atoms with Gasteiger partial charge in [-0.1, -0.05) is 26.3 Å². The van der Waals surface area contributed by atoms with Crippen molar-refractivity contribution in [1.29, 1.82) is 0 Å². The summed E-state index contributed by atoms with van der Waals surface area (Å²) in [6.45, 7) is 5.15. The van der Waals surface area contributed by atoms with Gasteiger partial charge in [0.15, 0.2) is 0 Å². The van der Waals surface area contributed by atoms with Gasteiger partial charge in [0.25, 0.3) is 5.91 Å². The number of amides is 1. The van der Waals surface area contributed by atoms with Crippen LogP contribution in [-0.2, 0) is 0 Å². The first-order chi connectivity index (χ1) is 10.2. The van der Waals surface area contributed by atoms with Crippen LogP contribution in [0.1, 0.15) is 54.5 Å². The first kappa shape index (κ1) is 15.8. The minimum atomic E-state index is 0.0204. The quantitative estimate of drug-likeness (QED) is 0.769. The van der Waals surface area contributed by atoms with Crippen molar-refractivity contribution >= 4 is 17.2 Å². The molecule has 2 aromatic heterocycles. The number of carbonyl (C=O) groups excluding carboxylic acids is 1. The molecule has 0 aromatic carbocycles. The van der Waals surface area contributed by atoms with Crippen LogP contribution in [0.3, 0.4) is 0 Å². The molecule has 21 heavy (non-hydrogen) atoms. The summed E-state index contributed by atoms with van der Waals surface area (Å²) in [4.78, 5) is 12.7. The molecule has 0 aliphatic carbocycles. The lowest BCUT2D eigenvalue weighted by Crippen LogP contribution is -2.24. The molecular formula is C17H23NO2S. The topological polar surface area (TPSA) is 42.2 Å². The van der Waals surface area contributed by atoms with E-state index in [0.29, 0.717) is 18.4 Å². The standard InChI is InChI=1S/C17H23NO2S/c1-13(2)7-8-14(15-5-3-11-20-15)9-10-18-17(19)16-6-4-12-21-16/h3-6,11-14H,7-10H2,1-2H3,(H,18,19). The second-order valence-corrected chi connectivity index (χ2v) is 6.65. The van der Waals surface area contributed by atoms with Gasteiger partial charge < -0.3 is 9.73 Å². The zero-order valence-electron chi connectivity index (χ0n) is 12.7. The second kappa shape index (κ2) is 8.03. The van der Waals surface area contributed by atoms with Crippen LogP contribution < -0.4 is 5.32 Å². The molecule has 1 unspecified atom stereocenters. The third-order valence-corrected chi connectivity index (χ3v) is 4.43. The van der Waals surface area contributed by atoms with Crippen molar-refractivity contribution in [3.63, 3.8) is 0 Å². The Hall–Kier alpha value is -1.55. The van der Waals surface area contributed by atoms with E-state index in [1.165, 1.54) is 17.8 Å². The van der Waals surface area contributed by atoms with Crippen LogP contribution in [0.2, 0.25) is 0 Å². The predicted octanol–water partition coefficient (Wildman–Crippen LogP) is 4.68. The molecule has 1 amide bonds. The summed E-state index contributed by atoms with van der Waals surface area (Å²) >= 11 is 1.47. The van der Waals surface area contributed by atoms with Crippen LogP contribution in [-0.4, -0.2) is 12.5 Å². The molecule has 2 heterocycles. The van der Waals surface area contributed by atoms with Crippen LogP contribution in [0, 0.1) is 5.92 Å². The second-order valence-electron chi connectivity index (χ2n) is 5.71. The minimum Gasteiger partial charge on any atom is -0.469 e. The van der Waals surface area contributed by atoms with E-state index >= 15 is 0 Å². The van der Waals surface area contributed by atoms with E-state index in [4.69, 9.17) is 4.42 Å². The Bertz CT molecular complexity index is 517. The average molecular weight is 305 g/mol. The fourth-order valence-electron chi connectivity index (χ4n) is 2.34. The normalized spacial score (nSPS) is 12.5. The van der Waals surface area contributed by atoms with Gasteiger partial charge >= 0.3 is 0 Å². The van der Waals surface area contributed by atoms with Crippen molar-refractivity contribution in [2.45, 2.75) is 39.0 Å². The van der Waals surface area contributed by atoms with Gasteiger partial charge in [-0.2, -0.15) is 0 Å². The number of rotatable bonds is 8. The largest absolute Gasteiger partial charge is 0.469 e. The summed E-state index contributed by atoms with van der Waals surface area (Å²) in [6, 6.07) is 7.71. The fraction of sp³-hybridized carbons (Fsp3) is 0.471. The van der Waals surface area contributed by atoms with Gasteiger partial charge in [0.1, 0.15) is 5.76 Å². The SMILES string of the molecule is CC(C)CCC(CCNC(=O)c1cccs1)c1ccco1. The van der Waals surface area contributed by atoms with Crippen molar-refractivity contribution in [3.8, 4) is 0 Å². The number of thiophene rings is 1. The highest BCUT2D eigenvalue weighted by molar-refractivity contribution is 7.12. The highest BCUT2D eigenvalue weighted by Crippen LogP contribution is 2.26. The van der Waals surface area contributed by atoms with E-state index in [1.807, 2.05) is 29.6 Å². The first-order valence-electron chi connectivity index (χ1n) is 7.52. The third kappa shape index (κ3) is 5.05. The van der Waals surface area contributed by atoms with Gasteiger partial charge in [0.2, 0.25) is 0 Å². The molecule has 2 aromatic rings. The van der Waals surface area contributed by atoms with Gasteiger partial charge in [-0.25, -0.2) is 0 Å². The molecule has 0 spiro atoms. The van der Waals surface area contributed by atoms with Crippen LogP contribution >= 0.6 is 11.3 Å². The van der Waals surface area contributed by atoms with E-state index in [2.05, 4.69) is 19.2 Å². The third-order valence-electron chi connectivity index (χ3n) is 3.56. The van der Waals surface area contributed by atoms with Crippen LogP contribution in [0.5, 0.6) is 0 Å². The Morgan fingerprint density at radius 1 is 1.24 bits per heavy atom. The Labute approximate surface area is 130 Å². The van der Waals surface area contributed by atoms with Gasteiger partial charge in [0, 0.05) is 12.5 Å². The van der Waals surface area contributed by atoms with Gasteiger partial charge in [0.05, 0.1) is 11.1 Å². The van der Waals surface area contributed by atoms with E-state index in [0.717, 1.165) is 23.5 Å². The van der Waals surface area contributed by atoms with E-state index in [1.54, 1.807) is 6.26 Å². The fourth-order valence-corrected chi connectivity index (χ4v) is 2.98. The Morgan fingerprint density at radius 2 is 2.10 bits per heavy atom. The highest BCUT2D eigenvalue weighted by atomic mass is 32.1. The molecule has 1 atom stereocenters. The monoisotopic (exact) mass is 305 g/mol. The summed E-state index contributed by atoms with van der Waals surface area (Å²) < 4.78 is 5.55. The summed E-state index contributed by atoms with van der Waals surface area (Å²) in [5.74, 6) is 2.11. The lowest BCUT2D eigenvalue weighted by Gasteiger charge is -2.16. The maximum absolute atomic E-state index is 11.9. The molecule has 0 aliphatic heterocycles. The molecule has 2 rings (SSSR count). The molecule has 0 saturated carbocycles. The molecule has 3 nitrogen and oxygen atoms in total. The lowest BCUT2D eigenvalue weighted by atomic mass is 9.93. The number of carbonyl (C=O) groups is 1. The van der Waals surface area contributed by atoms with Crippen molar-refractivity contribution in [3.05, 3.63) is 46.5 Å². The molecule has 114 valence electrons. The van der Waals surface area contributed by atoms with Crippen molar-refractivity contribution < 1.29 is 9.21 Å². The number of hydrogen-bond acceptors (Lipinski definition) is 3. The zero-order valence-corrected chi connectivity index (χ0v) is 13.5. The number of hydrogen-bond donors (Lipinski definition) is 1. The average Bonchev–Trinajstić information content (AvgIpc) is 3.13. The Balaban J connectivity index is 1.83. The molecule has 4 heteroatoms. The van der Waals surface area contributed by atoms with Crippen LogP contribution in [0.15, 0.2) is 40.3 Å². The smallest absolute Gasteiger partial charge is 0.261 e. The van der Waals surface area contributed by atoms with E-state index < -0.39 is 0 Å². The molecule has 0 fully saturated rings. The minimum absolute atomic E-state index is 0.0204. The van der Waals surface area contributed by atoms with Crippen molar-refractivity contribution in [1.82, 2.24) is 5.32 Å². The van der Waals surface area contributed by atoms with Gasteiger partial charge in [-0.05, 0) is 42.3 Å². The predicted molar refractivity (Wildman–Crippen MR) is 86.8 cm³/mol. The van der Waals surface area contributed by atoms with Crippen LogP contribution in [0.25, 0.3) is 0 Å². The van der Waals surface area contributed by atoms with Crippen molar-refractivity contribution in [2.24, 2.45) is 5.92 Å². The molecule has 0 bridgehead atoms. The maximum Gasteiger partial charge on any atom is 0.261 e. The summed E-state index contributed by atoms with van der Waals surface area (Å²) in [6.07, 6.45) is 4.91. The zero-order chi connectivity index (χ0) is 15.1. The molecule has 0 radical (unpaired) electrons. The summed E-state index contributed by atoms with van der Waals surface area (Å²) in [5, 5.41) is 4.91. The van der Waals surface area contributed by atoms with Gasteiger partial charge in [-0.3, -0.25) is 4.79 Å². The van der Waals surface area contributed by atoms with Crippen molar-refractivity contribution in [2.75, 3.05) is 6.54 Å². The van der Waals surface area contributed by atoms with Gasteiger partial charge in [-0.15, -0.1) is 11.3 Å². The Kier molecular flexibility index (Phi) is 6.05. The summed E-state index contributed by atoms with van der Waals surface area (Å²) in [5.41, 5.74) is 0. The lowest BCUT2D eigenvalue weighted by molar-refractivity contribution is 0.0956. The highest BCUT2D eigenvalue weighted by Gasteiger charge is 2.15. The number of furan rings is 1.